The van der Waals surface area contributed by atoms with Gasteiger partial charge in [0.15, 0.2) is 12.4 Å². The van der Waals surface area contributed by atoms with Crippen molar-refractivity contribution in [3.8, 4) is 5.75 Å². The Bertz CT molecular complexity index is 594. The summed E-state index contributed by atoms with van der Waals surface area (Å²) in [6.45, 7) is 1.93. The normalized spacial score (nSPS) is 10.3. The van der Waals surface area contributed by atoms with Crippen molar-refractivity contribution in [3.63, 3.8) is 0 Å². The molecular formula is C15H12ClIO2. The predicted molar refractivity (Wildman–Crippen MR) is 85.2 cm³/mol. The molecule has 19 heavy (non-hydrogen) atoms. The highest BCUT2D eigenvalue weighted by molar-refractivity contribution is 14.1. The van der Waals surface area contributed by atoms with Gasteiger partial charge in [-0.2, -0.15) is 0 Å². The average molecular weight is 387 g/mol. The fourth-order valence-corrected chi connectivity index (χ4v) is 2.22. The van der Waals surface area contributed by atoms with Crippen LogP contribution in [0.25, 0.3) is 0 Å². The zero-order chi connectivity index (χ0) is 13.8. The molecule has 0 aromatic heterocycles. The van der Waals surface area contributed by atoms with Crippen molar-refractivity contribution < 1.29 is 9.53 Å². The summed E-state index contributed by atoms with van der Waals surface area (Å²) >= 11 is 8.07. The summed E-state index contributed by atoms with van der Waals surface area (Å²) in [6, 6.07) is 12.8. The molecule has 2 aromatic carbocycles. The Kier molecular flexibility index (Phi) is 4.82. The predicted octanol–water partition coefficient (Wildman–Crippen LogP) is 4.51. The summed E-state index contributed by atoms with van der Waals surface area (Å²) < 4.78 is 6.63. The van der Waals surface area contributed by atoms with Gasteiger partial charge in [-0.05, 0) is 65.4 Å². The zero-order valence-corrected chi connectivity index (χ0v) is 13.2. The van der Waals surface area contributed by atoms with E-state index < -0.39 is 0 Å². The summed E-state index contributed by atoms with van der Waals surface area (Å²) in [5.74, 6) is 0.647. The molecule has 2 aromatic rings. The third-order valence-electron chi connectivity index (χ3n) is 2.66. The van der Waals surface area contributed by atoms with Crippen molar-refractivity contribution in [2.45, 2.75) is 6.92 Å². The highest BCUT2D eigenvalue weighted by Crippen LogP contribution is 2.22. The molecule has 0 N–H and O–H groups in total. The summed E-state index contributed by atoms with van der Waals surface area (Å²) in [4.78, 5) is 12.0. The molecule has 0 saturated heterocycles. The van der Waals surface area contributed by atoms with Gasteiger partial charge >= 0.3 is 0 Å². The van der Waals surface area contributed by atoms with Gasteiger partial charge in [0.1, 0.15) is 5.75 Å². The number of aryl methyl sites for hydroxylation is 1. The number of hydrogen-bond donors (Lipinski definition) is 0. The molecule has 2 nitrogen and oxygen atoms in total. The molecule has 98 valence electrons. The van der Waals surface area contributed by atoms with Gasteiger partial charge in [0.2, 0.25) is 0 Å². The molecular weight excluding hydrogens is 375 g/mol. The minimum absolute atomic E-state index is 0.0308. The molecule has 0 aliphatic rings. The molecule has 0 atom stereocenters. The quantitative estimate of drug-likeness (QED) is 0.571. The zero-order valence-electron chi connectivity index (χ0n) is 10.3. The highest BCUT2D eigenvalue weighted by atomic mass is 127. The van der Waals surface area contributed by atoms with Crippen LogP contribution in [0.15, 0.2) is 42.5 Å². The molecule has 0 aliphatic heterocycles. The number of ketones is 1. The lowest BCUT2D eigenvalue weighted by Crippen LogP contribution is -2.12. The van der Waals surface area contributed by atoms with E-state index in [1.165, 1.54) is 0 Å². The Morgan fingerprint density at radius 3 is 2.53 bits per heavy atom. The van der Waals surface area contributed by atoms with Crippen molar-refractivity contribution in [1.82, 2.24) is 0 Å². The van der Waals surface area contributed by atoms with E-state index in [9.17, 15) is 4.79 Å². The van der Waals surface area contributed by atoms with Crippen molar-refractivity contribution in [2.24, 2.45) is 0 Å². The Balaban J connectivity index is 2.02. The molecule has 0 radical (unpaired) electrons. The first-order chi connectivity index (χ1) is 9.06. The van der Waals surface area contributed by atoms with Gasteiger partial charge in [-0.25, -0.2) is 0 Å². The maximum atomic E-state index is 12.0. The van der Waals surface area contributed by atoms with Gasteiger partial charge in [0.05, 0.1) is 0 Å². The maximum Gasteiger partial charge on any atom is 0.200 e. The Morgan fingerprint density at radius 2 is 1.89 bits per heavy atom. The van der Waals surface area contributed by atoms with Gasteiger partial charge in [-0.3, -0.25) is 4.79 Å². The first kappa shape index (κ1) is 14.3. The molecule has 0 amide bonds. The SMILES string of the molecule is Cc1cc(Cl)ccc1OCC(=O)c1ccc(I)cc1. The van der Waals surface area contributed by atoms with Crippen LogP contribution >= 0.6 is 34.2 Å². The molecule has 0 unspecified atom stereocenters. The average Bonchev–Trinajstić information content (AvgIpc) is 2.38. The van der Waals surface area contributed by atoms with E-state index in [2.05, 4.69) is 22.6 Å². The molecule has 0 saturated carbocycles. The van der Waals surface area contributed by atoms with E-state index in [1.807, 2.05) is 37.3 Å². The number of benzene rings is 2. The molecule has 2 rings (SSSR count). The summed E-state index contributed by atoms with van der Waals surface area (Å²) in [6.07, 6.45) is 0. The van der Waals surface area contributed by atoms with Crippen LogP contribution in [-0.2, 0) is 0 Å². The van der Waals surface area contributed by atoms with Gasteiger partial charge in [-0.15, -0.1) is 0 Å². The Morgan fingerprint density at radius 1 is 1.21 bits per heavy atom. The molecule has 0 bridgehead atoms. The van der Waals surface area contributed by atoms with E-state index in [1.54, 1.807) is 12.1 Å². The fraction of sp³-hybridized carbons (Fsp3) is 0.133. The standard InChI is InChI=1S/C15H12ClIO2/c1-10-8-12(16)4-7-15(10)19-9-14(18)11-2-5-13(17)6-3-11/h2-8H,9H2,1H3. The van der Waals surface area contributed by atoms with Crippen LogP contribution in [0.4, 0.5) is 0 Å². The summed E-state index contributed by atoms with van der Waals surface area (Å²) in [5, 5.41) is 0.661. The van der Waals surface area contributed by atoms with E-state index >= 15 is 0 Å². The summed E-state index contributed by atoms with van der Waals surface area (Å²) in [5.41, 5.74) is 1.58. The van der Waals surface area contributed by atoms with E-state index in [4.69, 9.17) is 16.3 Å². The molecule has 4 heteroatoms. The maximum absolute atomic E-state index is 12.0. The monoisotopic (exact) mass is 386 g/mol. The largest absolute Gasteiger partial charge is 0.485 e. The second-order valence-electron chi connectivity index (χ2n) is 4.13. The van der Waals surface area contributed by atoms with E-state index in [-0.39, 0.29) is 12.4 Å². The number of halogens is 2. The number of hydrogen-bond acceptors (Lipinski definition) is 2. The lowest BCUT2D eigenvalue weighted by atomic mass is 10.1. The molecule has 0 spiro atoms. The van der Waals surface area contributed by atoms with Gasteiger partial charge in [-0.1, -0.05) is 23.7 Å². The second-order valence-corrected chi connectivity index (χ2v) is 5.81. The van der Waals surface area contributed by atoms with Crippen LogP contribution in [0.3, 0.4) is 0 Å². The molecule has 0 heterocycles. The van der Waals surface area contributed by atoms with E-state index in [0.29, 0.717) is 16.3 Å². The number of ether oxygens (including phenoxy) is 1. The minimum Gasteiger partial charge on any atom is -0.485 e. The first-order valence-electron chi connectivity index (χ1n) is 5.74. The van der Waals surface area contributed by atoms with Crippen molar-refractivity contribution in [2.75, 3.05) is 6.61 Å². The molecule has 0 aliphatic carbocycles. The fourth-order valence-electron chi connectivity index (χ4n) is 1.64. The van der Waals surface area contributed by atoms with Gasteiger partial charge in [0.25, 0.3) is 0 Å². The Labute approximate surface area is 130 Å². The highest BCUT2D eigenvalue weighted by Gasteiger charge is 2.08. The minimum atomic E-state index is -0.0363. The summed E-state index contributed by atoms with van der Waals surface area (Å²) in [7, 11) is 0. The smallest absolute Gasteiger partial charge is 0.200 e. The van der Waals surface area contributed by atoms with Crippen LogP contribution in [0.5, 0.6) is 5.75 Å². The van der Waals surface area contributed by atoms with Gasteiger partial charge in [0, 0.05) is 14.2 Å². The van der Waals surface area contributed by atoms with Crippen LogP contribution in [0, 0.1) is 10.5 Å². The third-order valence-corrected chi connectivity index (χ3v) is 3.62. The van der Waals surface area contributed by atoms with Crippen molar-refractivity contribution in [1.29, 1.82) is 0 Å². The van der Waals surface area contributed by atoms with Crippen molar-refractivity contribution >= 4 is 40.0 Å². The molecule has 0 fully saturated rings. The lowest BCUT2D eigenvalue weighted by Gasteiger charge is -2.08. The first-order valence-corrected chi connectivity index (χ1v) is 7.19. The number of carbonyl (C=O) groups excluding carboxylic acids is 1. The third kappa shape index (κ3) is 3.94. The number of rotatable bonds is 4. The van der Waals surface area contributed by atoms with Gasteiger partial charge < -0.3 is 4.74 Å². The van der Waals surface area contributed by atoms with Crippen LogP contribution in [0.2, 0.25) is 5.02 Å². The van der Waals surface area contributed by atoms with E-state index in [0.717, 1.165) is 9.13 Å². The lowest BCUT2D eigenvalue weighted by molar-refractivity contribution is 0.0921. The van der Waals surface area contributed by atoms with Crippen LogP contribution < -0.4 is 4.74 Å². The number of Topliss-reactive ketones (excluding diaryl/α,β-unsaturated/α-hetero) is 1. The van der Waals surface area contributed by atoms with Crippen LogP contribution in [-0.4, -0.2) is 12.4 Å². The topological polar surface area (TPSA) is 26.3 Å². The van der Waals surface area contributed by atoms with Crippen molar-refractivity contribution in [3.05, 3.63) is 62.2 Å². The number of carbonyl (C=O) groups is 1. The van der Waals surface area contributed by atoms with Crippen LogP contribution in [0.1, 0.15) is 15.9 Å². The Hall–Kier alpha value is -1.07. The second kappa shape index (κ2) is 6.39.